The lowest BCUT2D eigenvalue weighted by Gasteiger charge is -2.25. The molecule has 1 atom stereocenters. The Bertz CT molecular complexity index is 620. The quantitative estimate of drug-likeness (QED) is 0.885. The topological polar surface area (TPSA) is 34.1 Å². The van der Waals surface area contributed by atoms with Gasteiger partial charge in [-0.2, -0.15) is 0 Å². The molecule has 3 nitrogen and oxygen atoms in total. The first-order valence-electron chi connectivity index (χ1n) is 7.70. The first-order valence-corrected chi connectivity index (χ1v) is 8.90. The van der Waals surface area contributed by atoms with Gasteiger partial charge in [-0.25, -0.2) is 4.98 Å². The number of ether oxygens (including phenoxy) is 1. The second-order valence-electron chi connectivity index (χ2n) is 5.74. The van der Waals surface area contributed by atoms with Crippen LogP contribution in [0, 0.1) is 6.92 Å². The zero-order valence-electron chi connectivity index (χ0n) is 12.9. The van der Waals surface area contributed by atoms with E-state index < -0.39 is 0 Å². The molecule has 2 heterocycles. The Balaban J connectivity index is 1.74. The van der Waals surface area contributed by atoms with E-state index in [9.17, 15) is 0 Å². The number of hydrogen-bond donors (Lipinski definition) is 1. The Morgan fingerprint density at radius 1 is 1.27 bits per heavy atom. The van der Waals surface area contributed by atoms with E-state index in [1.54, 1.807) is 11.3 Å². The van der Waals surface area contributed by atoms with Gasteiger partial charge in [-0.15, -0.1) is 11.3 Å². The normalized spacial score (nSPS) is 17.6. The third kappa shape index (κ3) is 3.69. The van der Waals surface area contributed by atoms with Crippen LogP contribution in [0.3, 0.4) is 0 Å². The van der Waals surface area contributed by atoms with Crippen molar-refractivity contribution in [2.24, 2.45) is 0 Å². The molecule has 1 N–H and O–H groups in total. The van der Waals surface area contributed by atoms with Crippen LogP contribution in [0.5, 0.6) is 0 Å². The number of benzene rings is 1. The van der Waals surface area contributed by atoms with Crippen molar-refractivity contribution < 1.29 is 4.74 Å². The maximum atomic E-state index is 5.97. The molecular weight excluding hydrogens is 316 g/mol. The molecule has 2 aromatic rings. The second kappa shape index (κ2) is 7.09. The summed E-state index contributed by atoms with van der Waals surface area (Å²) in [6.45, 7) is 6.04. The minimum atomic E-state index is 0.271. The lowest BCUT2D eigenvalue weighted by molar-refractivity contribution is 0.0754. The lowest BCUT2D eigenvalue weighted by Crippen LogP contribution is -2.36. The first-order chi connectivity index (χ1) is 10.6. The molecule has 0 radical (unpaired) electrons. The van der Waals surface area contributed by atoms with E-state index in [0.29, 0.717) is 6.04 Å². The van der Waals surface area contributed by atoms with Crippen LogP contribution in [-0.2, 0) is 4.74 Å². The van der Waals surface area contributed by atoms with E-state index in [1.165, 1.54) is 4.88 Å². The summed E-state index contributed by atoms with van der Waals surface area (Å²) in [5.74, 6) is 0. The molecule has 1 saturated heterocycles. The van der Waals surface area contributed by atoms with Gasteiger partial charge in [0.1, 0.15) is 5.01 Å². The molecule has 1 aromatic heterocycles. The van der Waals surface area contributed by atoms with Crippen LogP contribution in [0.15, 0.2) is 24.3 Å². The van der Waals surface area contributed by atoms with Gasteiger partial charge in [-0.3, -0.25) is 0 Å². The van der Waals surface area contributed by atoms with Crippen LogP contribution in [0.2, 0.25) is 5.02 Å². The average Bonchev–Trinajstić information content (AvgIpc) is 2.91. The van der Waals surface area contributed by atoms with Crippen molar-refractivity contribution in [3.05, 3.63) is 39.2 Å². The highest BCUT2D eigenvalue weighted by atomic mass is 35.5. The van der Waals surface area contributed by atoms with Crippen LogP contribution in [-0.4, -0.2) is 24.2 Å². The zero-order valence-corrected chi connectivity index (χ0v) is 14.5. The monoisotopic (exact) mass is 336 g/mol. The number of aromatic nitrogens is 1. The summed E-state index contributed by atoms with van der Waals surface area (Å²) in [5.41, 5.74) is 2.19. The predicted octanol–water partition coefficient (Wildman–Crippen LogP) is 4.60. The molecule has 22 heavy (non-hydrogen) atoms. The smallest absolute Gasteiger partial charge is 0.110 e. The number of nitrogens with one attached hydrogen (secondary N) is 1. The van der Waals surface area contributed by atoms with Gasteiger partial charge in [-0.1, -0.05) is 23.7 Å². The fraction of sp³-hybridized carbons (Fsp3) is 0.471. The molecule has 1 aromatic carbocycles. The Kier molecular flexibility index (Phi) is 5.14. The minimum absolute atomic E-state index is 0.271. The third-order valence-corrected chi connectivity index (χ3v) is 5.41. The predicted molar refractivity (Wildman–Crippen MR) is 92.7 cm³/mol. The maximum absolute atomic E-state index is 5.97. The largest absolute Gasteiger partial charge is 0.381 e. The molecule has 3 rings (SSSR count). The molecule has 0 aliphatic carbocycles. The van der Waals surface area contributed by atoms with Gasteiger partial charge >= 0.3 is 0 Å². The third-order valence-electron chi connectivity index (χ3n) is 4.01. The average molecular weight is 337 g/mol. The van der Waals surface area contributed by atoms with Gasteiger partial charge in [0.15, 0.2) is 0 Å². The molecule has 118 valence electrons. The van der Waals surface area contributed by atoms with Crippen molar-refractivity contribution in [3.8, 4) is 11.3 Å². The van der Waals surface area contributed by atoms with E-state index in [-0.39, 0.29) is 6.04 Å². The number of nitrogens with zero attached hydrogens (tertiary/aromatic N) is 1. The van der Waals surface area contributed by atoms with E-state index in [2.05, 4.69) is 19.2 Å². The molecule has 0 amide bonds. The highest BCUT2D eigenvalue weighted by Crippen LogP contribution is 2.31. The molecule has 1 aliphatic heterocycles. The summed E-state index contributed by atoms with van der Waals surface area (Å²) in [5, 5.41) is 5.59. The lowest BCUT2D eigenvalue weighted by atomic mass is 10.1. The molecule has 0 bridgehead atoms. The summed E-state index contributed by atoms with van der Waals surface area (Å²) < 4.78 is 5.41. The SMILES string of the molecule is Cc1sc(C(C)NC2CCOCC2)nc1-c1ccc(Cl)cc1. The standard InChI is InChI=1S/C17H21ClN2OS/c1-11(19-15-7-9-21-10-8-15)17-20-16(12(2)22-17)13-3-5-14(18)6-4-13/h3-6,11,15,19H,7-10H2,1-2H3. The van der Waals surface area contributed by atoms with Crippen molar-refractivity contribution in [2.45, 2.75) is 38.8 Å². The fourth-order valence-electron chi connectivity index (χ4n) is 2.77. The molecule has 1 fully saturated rings. The van der Waals surface area contributed by atoms with Crippen molar-refractivity contribution in [1.29, 1.82) is 0 Å². The van der Waals surface area contributed by atoms with E-state index in [4.69, 9.17) is 21.3 Å². The van der Waals surface area contributed by atoms with E-state index in [0.717, 1.165) is 47.3 Å². The Hall–Kier alpha value is -0.940. The van der Waals surface area contributed by atoms with Gasteiger partial charge in [0.2, 0.25) is 0 Å². The minimum Gasteiger partial charge on any atom is -0.381 e. The number of halogens is 1. The van der Waals surface area contributed by atoms with Crippen LogP contribution >= 0.6 is 22.9 Å². The summed E-state index contributed by atoms with van der Waals surface area (Å²) in [6, 6.07) is 8.70. The van der Waals surface area contributed by atoms with Crippen LogP contribution in [0.25, 0.3) is 11.3 Å². The molecule has 5 heteroatoms. The van der Waals surface area contributed by atoms with E-state index >= 15 is 0 Å². The maximum Gasteiger partial charge on any atom is 0.110 e. The first kappa shape index (κ1) is 15.9. The Labute approximate surface area is 140 Å². The summed E-state index contributed by atoms with van der Waals surface area (Å²) in [7, 11) is 0. The zero-order chi connectivity index (χ0) is 15.5. The molecule has 0 spiro atoms. The number of hydrogen-bond acceptors (Lipinski definition) is 4. The van der Waals surface area contributed by atoms with Crippen LogP contribution < -0.4 is 5.32 Å². The summed E-state index contributed by atoms with van der Waals surface area (Å²) in [4.78, 5) is 6.10. The molecule has 1 aliphatic rings. The van der Waals surface area contributed by atoms with Gasteiger partial charge in [-0.05, 0) is 38.8 Å². The summed E-state index contributed by atoms with van der Waals surface area (Å²) >= 11 is 7.74. The number of rotatable bonds is 4. The molecular formula is C17H21ClN2OS. The van der Waals surface area contributed by atoms with Gasteiger partial charge in [0, 0.05) is 34.7 Å². The number of aryl methyl sites for hydroxylation is 1. The van der Waals surface area contributed by atoms with Crippen LogP contribution in [0.4, 0.5) is 0 Å². The van der Waals surface area contributed by atoms with Crippen molar-refractivity contribution >= 4 is 22.9 Å². The summed E-state index contributed by atoms with van der Waals surface area (Å²) in [6.07, 6.45) is 2.16. The number of thiazole rings is 1. The molecule has 0 saturated carbocycles. The Morgan fingerprint density at radius 2 is 1.95 bits per heavy atom. The van der Waals surface area contributed by atoms with Crippen molar-refractivity contribution in [2.75, 3.05) is 13.2 Å². The van der Waals surface area contributed by atoms with Crippen molar-refractivity contribution in [3.63, 3.8) is 0 Å². The van der Waals surface area contributed by atoms with Crippen LogP contribution in [0.1, 0.15) is 35.7 Å². The molecule has 1 unspecified atom stereocenters. The highest BCUT2D eigenvalue weighted by molar-refractivity contribution is 7.12. The van der Waals surface area contributed by atoms with E-state index in [1.807, 2.05) is 24.3 Å². The van der Waals surface area contributed by atoms with Gasteiger partial charge in [0.25, 0.3) is 0 Å². The fourth-order valence-corrected chi connectivity index (χ4v) is 3.85. The van der Waals surface area contributed by atoms with Gasteiger partial charge < -0.3 is 10.1 Å². The Morgan fingerprint density at radius 3 is 2.64 bits per heavy atom. The van der Waals surface area contributed by atoms with Gasteiger partial charge in [0.05, 0.1) is 11.7 Å². The highest BCUT2D eigenvalue weighted by Gasteiger charge is 2.20. The van der Waals surface area contributed by atoms with Crippen molar-refractivity contribution in [1.82, 2.24) is 10.3 Å². The second-order valence-corrected chi connectivity index (χ2v) is 7.41.